The number of nitrogens with zero attached hydrogens (tertiary/aromatic N) is 1. The summed E-state index contributed by atoms with van der Waals surface area (Å²) >= 11 is 0. The number of aryl methyl sites for hydroxylation is 1. The smallest absolute Gasteiger partial charge is 0.179 e. The normalized spacial score (nSPS) is 12.9. The van der Waals surface area contributed by atoms with E-state index in [2.05, 4.69) is 6.92 Å². The molecule has 0 fully saturated rings. The zero-order valence-electron chi connectivity index (χ0n) is 11.1. The molecule has 1 aromatic rings. The number of benzene rings is 1. The number of hydrogen-bond donors (Lipinski definition) is 2. The van der Waals surface area contributed by atoms with Crippen molar-refractivity contribution in [2.24, 2.45) is 0 Å². The topological polar surface area (TPSA) is 43.5 Å². The van der Waals surface area contributed by atoms with Crippen LogP contribution in [0.4, 0.5) is 0 Å². The molecular weight excluding hydrogens is 214 g/mol. The predicted molar refractivity (Wildman–Crippen MR) is 70.0 cm³/mol. The standard InChI is InChI=1S/C14H21NO2/c1-5-11-6-7-13(17)12(8-11)9-15(4)14(2,3)10-16/h6-9,16H,5,10H2,1-4H3/p+1. The van der Waals surface area contributed by atoms with Crippen LogP contribution in [0, 0.1) is 0 Å². The maximum absolute atomic E-state index is 9.80. The Labute approximate surface area is 103 Å². The Balaban J connectivity index is 3.13. The minimum Gasteiger partial charge on any atom is -0.507 e. The highest BCUT2D eigenvalue weighted by atomic mass is 16.3. The van der Waals surface area contributed by atoms with E-state index in [1.54, 1.807) is 6.07 Å². The van der Waals surface area contributed by atoms with Gasteiger partial charge in [0.05, 0.1) is 5.56 Å². The SMILES string of the molecule is CCc1ccc(O)c(C=[N+](C)C(C)(C)CO)c1. The van der Waals surface area contributed by atoms with Gasteiger partial charge in [0.1, 0.15) is 19.4 Å². The largest absolute Gasteiger partial charge is 0.507 e. The molecule has 0 saturated heterocycles. The molecule has 0 unspecified atom stereocenters. The number of hydrogen-bond acceptors (Lipinski definition) is 2. The molecule has 0 aliphatic heterocycles. The first-order chi connectivity index (χ1) is 7.90. The van der Waals surface area contributed by atoms with Crippen molar-refractivity contribution in [1.29, 1.82) is 0 Å². The Morgan fingerprint density at radius 3 is 2.53 bits per heavy atom. The van der Waals surface area contributed by atoms with Crippen LogP contribution in [0.25, 0.3) is 0 Å². The number of likely N-dealkylation sites (N-methyl/N-ethyl adjacent to an activating group) is 1. The van der Waals surface area contributed by atoms with E-state index in [0.29, 0.717) is 0 Å². The molecule has 0 saturated carbocycles. The molecular formula is C14H22NO2+. The van der Waals surface area contributed by atoms with Gasteiger partial charge in [-0.2, -0.15) is 0 Å². The lowest BCUT2D eigenvalue weighted by Gasteiger charge is -2.17. The molecule has 0 radical (unpaired) electrons. The summed E-state index contributed by atoms with van der Waals surface area (Å²) in [6.07, 6.45) is 2.80. The predicted octanol–water partition coefficient (Wildman–Crippen LogP) is 1.79. The average molecular weight is 236 g/mol. The molecule has 0 bridgehead atoms. The third kappa shape index (κ3) is 3.30. The Hall–Kier alpha value is -1.35. The second-order valence-corrected chi connectivity index (χ2v) is 4.96. The maximum Gasteiger partial charge on any atom is 0.179 e. The van der Waals surface area contributed by atoms with Crippen LogP contribution in [-0.4, -0.2) is 40.2 Å². The van der Waals surface area contributed by atoms with E-state index in [-0.39, 0.29) is 17.9 Å². The van der Waals surface area contributed by atoms with Gasteiger partial charge in [0, 0.05) is 13.8 Å². The summed E-state index contributed by atoms with van der Waals surface area (Å²) in [4.78, 5) is 0. The first-order valence-electron chi connectivity index (χ1n) is 5.91. The van der Waals surface area contributed by atoms with Crippen LogP contribution < -0.4 is 0 Å². The lowest BCUT2D eigenvalue weighted by molar-refractivity contribution is -0.574. The van der Waals surface area contributed by atoms with Gasteiger partial charge in [-0.15, -0.1) is 0 Å². The minimum atomic E-state index is -0.339. The van der Waals surface area contributed by atoms with Crippen molar-refractivity contribution in [3.8, 4) is 5.75 Å². The molecule has 0 heterocycles. The Morgan fingerprint density at radius 1 is 1.35 bits per heavy atom. The number of rotatable bonds is 4. The van der Waals surface area contributed by atoms with Gasteiger partial charge in [0.2, 0.25) is 0 Å². The van der Waals surface area contributed by atoms with Crippen molar-refractivity contribution in [3.63, 3.8) is 0 Å². The van der Waals surface area contributed by atoms with Crippen LogP contribution in [0.2, 0.25) is 0 Å². The Bertz CT molecular complexity index is 422. The first-order valence-corrected chi connectivity index (χ1v) is 5.91. The Kier molecular flexibility index (Phi) is 4.29. The van der Waals surface area contributed by atoms with Gasteiger partial charge in [0.25, 0.3) is 0 Å². The summed E-state index contributed by atoms with van der Waals surface area (Å²) in [6, 6.07) is 5.60. The molecule has 0 aliphatic rings. The molecule has 1 aromatic carbocycles. The van der Waals surface area contributed by atoms with Crippen LogP contribution in [0.1, 0.15) is 31.9 Å². The van der Waals surface area contributed by atoms with Gasteiger partial charge in [-0.05, 0) is 24.1 Å². The zero-order valence-corrected chi connectivity index (χ0v) is 11.1. The van der Waals surface area contributed by atoms with Gasteiger partial charge in [-0.25, -0.2) is 4.58 Å². The summed E-state index contributed by atoms with van der Waals surface area (Å²) in [6.45, 7) is 6.04. The van der Waals surface area contributed by atoms with E-state index < -0.39 is 0 Å². The number of phenols is 1. The molecule has 0 amide bonds. The average Bonchev–Trinajstić information content (AvgIpc) is 2.31. The number of aliphatic hydroxyl groups excluding tert-OH is 1. The molecule has 17 heavy (non-hydrogen) atoms. The molecule has 1 rings (SSSR count). The maximum atomic E-state index is 9.80. The second-order valence-electron chi connectivity index (χ2n) is 4.96. The highest BCUT2D eigenvalue weighted by molar-refractivity contribution is 5.80. The zero-order chi connectivity index (χ0) is 13.1. The number of aromatic hydroxyl groups is 1. The molecule has 94 valence electrons. The third-order valence-corrected chi connectivity index (χ3v) is 3.17. The molecule has 3 nitrogen and oxygen atoms in total. The van der Waals surface area contributed by atoms with Crippen molar-refractivity contribution in [1.82, 2.24) is 0 Å². The van der Waals surface area contributed by atoms with Crippen molar-refractivity contribution in [2.75, 3.05) is 13.7 Å². The van der Waals surface area contributed by atoms with Crippen LogP contribution in [0.15, 0.2) is 18.2 Å². The van der Waals surface area contributed by atoms with Crippen LogP contribution in [-0.2, 0) is 6.42 Å². The fourth-order valence-electron chi connectivity index (χ4n) is 1.42. The van der Waals surface area contributed by atoms with E-state index in [4.69, 9.17) is 0 Å². The molecule has 0 aliphatic carbocycles. The van der Waals surface area contributed by atoms with Crippen LogP contribution >= 0.6 is 0 Å². The van der Waals surface area contributed by atoms with Crippen LogP contribution in [0.5, 0.6) is 5.75 Å². The van der Waals surface area contributed by atoms with Crippen molar-refractivity contribution < 1.29 is 14.8 Å². The van der Waals surface area contributed by atoms with E-state index >= 15 is 0 Å². The quantitative estimate of drug-likeness (QED) is 0.618. The van der Waals surface area contributed by atoms with E-state index in [1.807, 2.05) is 43.8 Å². The summed E-state index contributed by atoms with van der Waals surface area (Å²) < 4.78 is 1.92. The van der Waals surface area contributed by atoms with Gasteiger partial charge in [0.15, 0.2) is 11.8 Å². The van der Waals surface area contributed by atoms with E-state index in [0.717, 1.165) is 12.0 Å². The monoisotopic (exact) mass is 236 g/mol. The third-order valence-electron chi connectivity index (χ3n) is 3.17. The summed E-state index contributed by atoms with van der Waals surface area (Å²) in [7, 11) is 1.90. The lowest BCUT2D eigenvalue weighted by atomic mass is 10.1. The molecule has 0 spiro atoms. The number of phenolic OH excluding ortho intramolecular Hbond substituents is 1. The highest BCUT2D eigenvalue weighted by Gasteiger charge is 2.26. The van der Waals surface area contributed by atoms with Gasteiger partial charge in [-0.3, -0.25) is 0 Å². The summed E-state index contributed by atoms with van der Waals surface area (Å²) in [5.41, 5.74) is 1.63. The summed E-state index contributed by atoms with van der Waals surface area (Å²) in [5.74, 6) is 0.266. The first kappa shape index (κ1) is 13.7. The molecule has 0 atom stereocenters. The van der Waals surface area contributed by atoms with E-state index in [1.165, 1.54) is 5.56 Å². The molecule has 3 heteroatoms. The van der Waals surface area contributed by atoms with Gasteiger partial charge >= 0.3 is 0 Å². The van der Waals surface area contributed by atoms with Gasteiger partial charge in [-0.1, -0.05) is 13.0 Å². The lowest BCUT2D eigenvalue weighted by Crippen LogP contribution is -2.38. The molecule has 0 aromatic heterocycles. The fraction of sp³-hybridized carbons (Fsp3) is 0.500. The summed E-state index contributed by atoms with van der Waals surface area (Å²) in [5, 5.41) is 19.1. The van der Waals surface area contributed by atoms with E-state index in [9.17, 15) is 10.2 Å². The fourth-order valence-corrected chi connectivity index (χ4v) is 1.42. The van der Waals surface area contributed by atoms with Crippen molar-refractivity contribution in [2.45, 2.75) is 32.7 Å². The second kappa shape index (κ2) is 5.32. The molecule has 2 N–H and O–H groups in total. The van der Waals surface area contributed by atoms with Crippen molar-refractivity contribution in [3.05, 3.63) is 29.3 Å². The van der Waals surface area contributed by atoms with Crippen molar-refractivity contribution >= 4 is 6.21 Å². The Morgan fingerprint density at radius 2 is 2.00 bits per heavy atom. The number of aliphatic hydroxyl groups is 1. The minimum absolute atomic E-state index is 0.0637. The van der Waals surface area contributed by atoms with Crippen LogP contribution in [0.3, 0.4) is 0 Å². The van der Waals surface area contributed by atoms with Gasteiger partial charge < -0.3 is 10.2 Å². The highest BCUT2D eigenvalue weighted by Crippen LogP contribution is 2.17.